The van der Waals surface area contributed by atoms with Crippen LogP contribution in [-0.2, 0) is 7.05 Å². The second-order valence-corrected chi connectivity index (χ2v) is 5.93. The van der Waals surface area contributed by atoms with E-state index < -0.39 is 19.6 Å². The van der Waals surface area contributed by atoms with E-state index in [1.54, 1.807) is 24.4 Å². The molecule has 1 aromatic carbocycles. The zero-order valence-corrected chi connectivity index (χ0v) is 12.7. The average molecular weight is 287 g/mol. The quantitative estimate of drug-likeness (QED) is 0.701. The number of benzene rings is 1. The molecule has 0 N–H and O–H groups in total. The van der Waals surface area contributed by atoms with Crippen molar-refractivity contribution in [2.75, 3.05) is 0 Å². The minimum Gasteiger partial charge on any atom is -0.201 e. The highest BCUT2D eigenvalue weighted by Crippen LogP contribution is 2.38. The van der Waals surface area contributed by atoms with Crippen LogP contribution in [0.4, 0.5) is 0 Å². The Morgan fingerprint density at radius 3 is 2.67 bits per heavy atom. The van der Waals surface area contributed by atoms with Crippen LogP contribution < -0.4 is 4.57 Å². The molecule has 2 aromatic rings. The zero-order valence-electron chi connectivity index (χ0n) is 19.7. The summed E-state index contributed by atoms with van der Waals surface area (Å²) in [6.45, 7) is -2.68. The summed E-state index contributed by atoms with van der Waals surface area (Å²) >= 11 is 0. The molecule has 0 spiro atoms. The Labute approximate surface area is 138 Å². The summed E-state index contributed by atoms with van der Waals surface area (Å²) in [7, 11) is 1.83. The summed E-state index contributed by atoms with van der Waals surface area (Å²) in [6.07, 6.45) is 4.81. The third kappa shape index (κ3) is 2.74. The first-order valence-electron chi connectivity index (χ1n) is 11.0. The molecule has 1 saturated carbocycles. The van der Waals surface area contributed by atoms with Crippen molar-refractivity contribution < 1.29 is 14.2 Å². The molecular formula is C20H26N+. The van der Waals surface area contributed by atoms with Crippen LogP contribution in [0, 0.1) is 20.6 Å². The van der Waals surface area contributed by atoms with Crippen molar-refractivity contribution >= 4 is 0 Å². The fraction of sp³-hybridized carbons (Fsp3) is 0.450. The van der Waals surface area contributed by atoms with Crippen molar-refractivity contribution in [1.29, 1.82) is 0 Å². The molecular weight excluding hydrogens is 254 g/mol. The second kappa shape index (κ2) is 5.63. The van der Waals surface area contributed by atoms with Crippen molar-refractivity contribution in [3.05, 3.63) is 52.7 Å². The third-order valence-electron chi connectivity index (χ3n) is 4.38. The number of rotatable bonds is 2. The van der Waals surface area contributed by atoms with Gasteiger partial charge in [0.2, 0.25) is 5.69 Å². The van der Waals surface area contributed by atoms with Crippen molar-refractivity contribution in [2.45, 2.75) is 52.2 Å². The van der Waals surface area contributed by atoms with Crippen molar-refractivity contribution in [1.82, 2.24) is 0 Å². The normalized spacial score (nSPS) is 23.2. The number of aromatic nitrogens is 1. The smallest absolute Gasteiger partial charge is 0.201 e. The van der Waals surface area contributed by atoms with Crippen molar-refractivity contribution in [3.8, 4) is 11.3 Å². The molecule has 1 aromatic heterocycles. The standard InChI is InChI=1S/C20H26N/c1-14-9-10-21(4)20(11-14)19-13-18(15(2)12-16(19)3)17-7-5-6-8-17/h9-13,17H,5-8H2,1-4H3/q+1/i1D3,2D3,17D. The van der Waals surface area contributed by atoms with Crippen LogP contribution in [-0.4, -0.2) is 0 Å². The van der Waals surface area contributed by atoms with E-state index in [2.05, 4.69) is 0 Å². The Morgan fingerprint density at radius 2 is 1.95 bits per heavy atom. The van der Waals surface area contributed by atoms with Gasteiger partial charge in [-0.15, -0.1) is 0 Å². The largest absolute Gasteiger partial charge is 0.212 e. The van der Waals surface area contributed by atoms with E-state index in [4.69, 9.17) is 9.60 Å². The van der Waals surface area contributed by atoms with E-state index >= 15 is 0 Å². The van der Waals surface area contributed by atoms with Crippen LogP contribution in [0.1, 0.15) is 63.4 Å². The fourth-order valence-corrected chi connectivity index (χ4v) is 3.18. The Balaban J connectivity index is 2.27. The highest BCUT2D eigenvalue weighted by atomic mass is 14.9. The molecule has 1 fully saturated rings. The topological polar surface area (TPSA) is 3.88 Å². The number of aryl methyl sites for hydroxylation is 4. The van der Waals surface area contributed by atoms with Crippen LogP contribution in [0.3, 0.4) is 0 Å². The Hall–Kier alpha value is -1.63. The van der Waals surface area contributed by atoms with Crippen LogP contribution in [0.5, 0.6) is 0 Å². The number of nitrogens with zero attached hydrogens (tertiary/aromatic N) is 1. The van der Waals surface area contributed by atoms with Gasteiger partial charge >= 0.3 is 0 Å². The molecule has 1 aliphatic carbocycles. The maximum absolute atomic E-state index is 8.92. The van der Waals surface area contributed by atoms with Gasteiger partial charge in [-0.25, -0.2) is 4.57 Å². The van der Waals surface area contributed by atoms with E-state index in [-0.39, 0.29) is 11.1 Å². The highest BCUT2D eigenvalue weighted by Gasteiger charge is 2.22. The molecule has 0 saturated heterocycles. The summed E-state index contributed by atoms with van der Waals surface area (Å²) in [5.41, 5.74) is 3.25. The Morgan fingerprint density at radius 1 is 1.14 bits per heavy atom. The lowest BCUT2D eigenvalue weighted by atomic mass is 9.89. The third-order valence-corrected chi connectivity index (χ3v) is 4.38. The number of hydrogen-bond acceptors (Lipinski definition) is 0. The van der Waals surface area contributed by atoms with Gasteiger partial charge in [0.1, 0.15) is 7.05 Å². The molecule has 3 rings (SSSR count). The summed E-state index contributed by atoms with van der Waals surface area (Å²) in [5.74, 6) is -0.910. The van der Waals surface area contributed by atoms with Crippen LogP contribution in [0.15, 0.2) is 30.5 Å². The minimum atomic E-state index is -2.29. The molecule has 0 radical (unpaired) electrons. The fourth-order valence-electron chi connectivity index (χ4n) is 3.18. The predicted octanol–water partition coefficient (Wildman–Crippen LogP) is 4.76. The maximum atomic E-state index is 8.92. The predicted molar refractivity (Wildman–Crippen MR) is 88.5 cm³/mol. The molecule has 21 heavy (non-hydrogen) atoms. The highest BCUT2D eigenvalue weighted by molar-refractivity contribution is 5.64. The van der Waals surface area contributed by atoms with Gasteiger partial charge in [-0.1, -0.05) is 18.9 Å². The van der Waals surface area contributed by atoms with Gasteiger partial charge < -0.3 is 0 Å². The molecule has 0 aliphatic heterocycles. The van der Waals surface area contributed by atoms with Crippen LogP contribution >= 0.6 is 0 Å². The first-order chi connectivity index (χ1) is 12.8. The Kier molecular flexibility index (Phi) is 2.18. The lowest BCUT2D eigenvalue weighted by molar-refractivity contribution is -0.660. The summed E-state index contributed by atoms with van der Waals surface area (Å²) in [5, 5.41) is 0. The van der Waals surface area contributed by atoms with E-state index in [1.165, 1.54) is 0 Å². The molecule has 1 nitrogen and oxygen atoms in total. The van der Waals surface area contributed by atoms with Gasteiger partial charge in [0.25, 0.3) is 0 Å². The van der Waals surface area contributed by atoms with Crippen LogP contribution in [0.25, 0.3) is 11.3 Å². The maximum Gasteiger partial charge on any atom is 0.212 e. The molecule has 1 aliphatic rings. The Bertz CT molecular complexity index is 891. The zero-order chi connectivity index (χ0) is 20.9. The van der Waals surface area contributed by atoms with E-state index in [0.717, 1.165) is 24.0 Å². The van der Waals surface area contributed by atoms with E-state index in [9.17, 15) is 0 Å². The first-order valence-corrected chi connectivity index (χ1v) is 7.49. The van der Waals surface area contributed by atoms with Gasteiger partial charge in [0.15, 0.2) is 6.20 Å². The number of pyridine rings is 1. The monoisotopic (exact) mass is 287 g/mol. The lowest BCUT2D eigenvalue weighted by Gasteiger charge is -2.16. The van der Waals surface area contributed by atoms with Crippen molar-refractivity contribution in [3.63, 3.8) is 0 Å². The molecule has 1 heterocycles. The van der Waals surface area contributed by atoms with Gasteiger partial charge in [-0.2, -0.15) is 0 Å². The van der Waals surface area contributed by atoms with Gasteiger partial charge in [-0.3, -0.25) is 0 Å². The average Bonchev–Trinajstić information content (AvgIpc) is 3.01. The van der Waals surface area contributed by atoms with Gasteiger partial charge in [0.05, 0.1) is 0 Å². The summed E-state index contributed by atoms with van der Waals surface area (Å²) in [6, 6.07) is 6.69. The first kappa shape index (κ1) is 8.12. The molecule has 0 unspecified atom stereocenters. The van der Waals surface area contributed by atoms with Crippen molar-refractivity contribution in [2.24, 2.45) is 7.05 Å². The summed E-state index contributed by atoms with van der Waals surface area (Å²) < 4.78 is 57.8. The molecule has 0 amide bonds. The number of hydrogen-bond donors (Lipinski definition) is 0. The minimum absolute atomic E-state index is 0.236. The lowest BCUT2D eigenvalue weighted by Crippen LogP contribution is -2.30. The van der Waals surface area contributed by atoms with Crippen LogP contribution in [0.2, 0.25) is 0 Å². The summed E-state index contributed by atoms with van der Waals surface area (Å²) in [4.78, 5) is 0. The van der Waals surface area contributed by atoms with Gasteiger partial charge in [-0.05, 0) is 67.7 Å². The molecule has 1 heteroatoms. The van der Waals surface area contributed by atoms with E-state index in [1.807, 2.05) is 24.6 Å². The molecule has 0 atom stereocenters. The van der Waals surface area contributed by atoms with E-state index in [0.29, 0.717) is 24.1 Å². The SMILES string of the molecule is [2H]C([2H])([2H])c1cc[n+](C)c(-c2cc(C3([2H])CCCC3)c(C([2H])([2H])[2H])cc2C)c1. The molecule has 0 bridgehead atoms. The van der Waals surface area contributed by atoms with Gasteiger partial charge in [0, 0.05) is 27.3 Å². The second-order valence-electron chi connectivity index (χ2n) is 5.93. The molecule has 110 valence electrons.